The Morgan fingerprint density at radius 1 is 1.03 bits per heavy atom. The van der Waals surface area contributed by atoms with Crippen LogP contribution in [0.2, 0.25) is 0 Å². The number of aromatic nitrogens is 3. The van der Waals surface area contributed by atoms with Gasteiger partial charge in [-0.2, -0.15) is 9.08 Å². The Morgan fingerprint density at radius 2 is 1.67 bits per heavy atom. The molecular weight excluding hydrogens is 400 g/mol. The van der Waals surface area contributed by atoms with E-state index in [1.807, 2.05) is 24.4 Å². The maximum atomic E-state index is 13.6. The molecule has 0 saturated carbocycles. The Balaban J connectivity index is 2.12. The summed E-state index contributed by atoms with van der Waals surface area (Å²) in [5.74, 6) is 0.485. The van der Waals surface area contributed by atoms with Crippen molar-refractivity contribution in [2.45, 2.75) is 59.4 Å². The van der Waals surface area contributed by atoms with E-state index >= 15 is 0 Å². The summed E-state index contributed by atoms with van der Waals surface area (Å²) in [4.78, 5) is 27.0. The maximum absolute atomic E-state index is 13.6. The molecule has 0 amide bonds. The number of hydrogen-bond acceptors (Lipinski definition) is 5. The molecule has 8 heteroatoms. The first kappa shape index (κ1) is 20.8. The van der Waals surface area contributed by atoms with Crippen LogP contribution in [0.3, 0.4) is 0 Å². The molecule has 2 aliphatic heterocycles. The molecule has 2 aromatic rings. The van der Waals surface area contributed by atoms with Crippen molar-refractivity contribution >= 4 is 24.0 Å². The van der Waals surface area contributed by atoms with Crippen molar-refractivity contribution in [2.24, 2.45) is 15.2 Å². The molecule has 160 valence electrons. The molecule has 4 rings (SSSR count). The van der Waals surface area contributed by atoms with Crippen LogP contribution < -0.4 is 11.4 Å². The monoisotopic (exact) mass is 428 g/mol. The predicted octanol–water partition coefficient (Wildman–Crippen LogP) is 4.08. The quantitative estimate of drug-likeness (QED) is 0.642. The molecule has 0 N–H and O–H groups in total. The average molecular weight is 429 g/mol. The summed E-state index contributed by atoms with van der Waals surface area (Å²) in [6.07, 6.45) is 1.11. The first-order valence-corrected chi connectivity index (χ1v) is 10.8. The van der Waals surface area contributed by atoms with Crippen molar-refractivity contribution < 1.29 is 4.74 Å². The summed E-state index contributed by atoms with van der Waals surface area (Å²) < 4.78 is 14.2. The van der Waals surface area contributed by atoms with Crippen LogP contribution in [0.15, 0.2) is 49.9 Å². The molecule has 0 unspecified atom stereocenters. The van der Waals surface area contributed by atoms with Crippen molar-refractivity contribution in [1.29, 1.82) is 0 Å². The van der Waals surface area contributed by atoms with Gasteiger partial charge in [-0.1, -0.05) is 59.7 Å². The van der Waals surface area contributed by atoms with Crippen molar-refractivity contribution in [3.05, 3.63) is 56.9 Å². The zero-order valence-electron chi connectivity index (χ0n) is 18.5. The minimum atomic E-state index is -0.704. The second-order valence-corrected chi connectivity index (χ2v) is 10.9. The van der Waals surface area contributed by atoms with Crippen LogP contribution in [0.1, 0.15) is 54.7 Å². The lowest BCUT2D eigenvalue weighted by molar-refractivity contribution is 0.00662. The van der Waals surface area contributed by atoms with Crippen molar-refractivity contribution in [3.8, 4) is 5.69 Å². The molecule has 1 aromatic heterocycles. The second-order valence-electron chi connectivity index (χ2n) is 9.88. The summed E-state index contributed by atoms with van der Waals surface area (Å²) in [7, 11) is 0. The van der Waals surface area contributed by atoms with Gasteiger partial charge in [0.25, 0.3) is 0 Å². The van der Waals surface area contributed by atoms with Crippen molar-refractivity contribution in [1.82, 2.24) is 13.9 Å². The smallest absolute Gasteiger partial charge is 0.356 e. The molecule has 0 bridgehead atoms. The number of benzene rings is 1. The van der Waals surface area contributed by atoms with Gasteiger partial charge in [-0.05, 0) is 40.5 Å². The molecular formula is C22H28N4O3S. The zero-order valence-corrected chi connectivity index (χ0v) is 19.3. The average Bonchev–Trinajstić information content (AvgIpc) is 2.90. The third-order valence-electron chi connectivity index (χ3n) is 5.77. The van der Waals surface area contributed by atoms with E-state index in [9.17, 15) is 9.59 Å². The topological polar surface area (TPSA) is 70.5 Å². The number of fused-ring (bicyclic) bond motifs is 3. The summed E-state index contributed by atoms with van der Waals surface area (Å²) >= 11 is 1.44. The molecule has 0 fully saturated rings. The van der Waals surface area contributed by atoms with E-state index in [0.717, 1.165) is 5.57 Å². The third kappa shape index (κ3) is 2.76. The van der Waals surface area contributed by atoms with Crippen LogP contribution in [0.25, 0.3) is 11.9 Å². The fourth-order valence-corrected chi connectivity index (χ4v) is 5.62. The van der Waals surface area contributed by atoms with Gasteiger partial charge < -0.3 is 4.74 Å². The van der Waals surface area contributed by atoms with E-state index in [1.165, 1.54) is 25.9 Å². The highest BCUT2D eigenvalue weighted by molar-refractivity contribution is 7.99. The van der Waals surface area contributed by atoms with Gasteiger partial charge in [0.2, 0.25) is 6.23 Å². The van der Waals surface area contributed by atoms with Crippen LogP contribution in [0, 0.1) is 10.8 Å². The van der Waals surface area contributed by atoms with Crippen LogP contribution >= 0.6 is 11.9 Å². The van der Waals surface area contributed by atoms with Crippen molar-refractivity contribution in [2.75, 3.05) is 0 Å². The number of para-hydroxylation sites is 1. The minimum absolute atomic E-state index is 0.280. The molecule has 0 radical (unpaired) electrons. The second kappa shape index (κ2) is 6.51. The summed E-state index contributed by atoms with van der Waals surface area (Å²) in [5.41, 5.74) is 0.108. The van der Waals surface area contributed by atoms with Crippen LogP contribution in [-0.2, 0) is 4.74 Å². The van der Waals surface area contributed by atoms with Crippen LogP contribution in [0.5, 0.6) is 0 Å². The minimum Gasteiger partial charge on any atom is -0.453 e. The van der Waals surface area contributed by atoms with Gasteiger partial charge in [0.15, 0.2) is 5.90 Å². The molecule has 30 heavy (non-hydrogen) atoms. The first-order chi connectivity index (χ1) is 13.9. The first-order valence-electron chi connectivity index (χ1n) is 10.0. The SMILES string of the molecule is CC1=NS[C@]2(C(C)(C)C)C(C(C)(C)C)=Cn3c(=O)n(-c4ccccc4)c(=O)n3[C@@H]2O1. The Hall–Kier alpha value is -2.48. The van der Waals surface area contributed by atoms with Gasteiger partial charge in [0, 0.05) is 13.1 Å². The van der Waals surface area contributed by atoms with E-state index in [0.29, 0.717) is 11.6 Å². The molecule has 2 atom stereocenters. The number of hydrogen-bond donors (Lipinski definition) is 0. The van der Waals surface area contributed by atoms with Gasteiger partial charge in [-0.25, -0.2) is 18.8 Å². The maximum Gasteiger partial charge on any atom is 0.356 e. The fourth-order valence-electron chi connectivity index (χ4n) is 4.33. The number of ether oxygens (including phenoxy) is 1. The van der Waals surface area contributed by atoms with Gasteiger partial charge >= 0.3 is 11.4 Å². The van der Waals surface area contributed by atoms with E-state index in [1.54, 1.807) is 19.1 Å². The van der Waals surface area contributed by atoms with Gasteiger partial charge in [-0.3, -0.25) is 0 Å². The molecule has 0 saturated heterocycles. The van der Waals surface area contributed by atoms with E-state index in [4.69, 9.17) is 4.74 Å². The lowest BCUT2D eigenvalue weighted by Crippen LogP contribution is -2.58. The fraction of sp³-hybridized carbons (Fsp3) is 0.500. The number of nitrogens with zero attached hydrogens (tertiary/aromatic N) is 4. The van der Waals surface area contributed by atoms with Crippen LogP contribution in [0.4, 0.5) is 0 Å². The molecule has 3 heterocycles. The highest BCUT2D eigenvalue weighted by Crippen LogP contribution is 2.61. The Kier molecular flexibility index (Phi) is 4.51. The van der Waals surface area contributed by atoms with Gasteiger partial charge in [0.05, 0.1) is 5.69 Å². The lowest BCUT2D eigenvalue weighted by Gasteiger charge is -2.54. The van der Waals surface area contributed by atoms with Crippen molar-refractivity contribution in [3.63, 3.8) is 0 Å². The highest BCUT2D eigenvalue weighted by Gasteiger charge is 2.61. The Labute approximate surface area is 180 Å². The molecule has 0 spiro atoms. The number of rotatable bonds is 1. The zero-order chi connectivity index (χ0) is 22.1. The van der Waals surface area contributed by atoms with Gasteiger partial charge in [-0.15, -0.1) is 0 Å². The Bertz CT molecular complexity index is 1170. The summed E-state index contributed by atoms with van der Waals surface area (Å²) in [6, 6.07) is 8.98. The third-order valence-corrected chi connectivity index (χ3v) is 7.44. The van der Waals surface area contributed by atoms with E-state index in [2.05, 4.69) is 45.9 Å². The van der Waals surface area contributed by atoms with Crippen LogP contribution in [-0.4, -0.2) is 24.6 Å². The van der Waals surface area contributed by atoms with E-state index < -0.39 is 22.4 Å². The molecule has 2 aliphatic rings. The lowest BCUT2D eigenvalue weighted by atomic mass is 9.66. The molecule has 1 aromatic carbocycles. The molecule has 0 aliphatic carbocycles. The predicted molar refractivity (Wildman–Crippen MR) is 121 cm³/mol. The standard InChI is InChI=1S/C22H28N4O3S/c1-14-23-30-22(21(5,6)7)16(20(2,3)4)13-24-18(27)25(15-11-9-8-10-12-15)19(28)26(24)17(22)29-14/h8-13,17H,1-7H3/t17-,22-/m1/s1. The normalized spacial score (nSPS) is 23.8. The summed E-state index contributed by atoms with van der Waals surface area (Å²) in [6.45, 7) is 14.5. The van der Waals surface area contributed by atoms with E-state index in [-0.39, 0.29) is 10.8 Å². The highest BCUT2D eigenvalue weighted by atomic mass is 32.2. The Morgan fingerprint density at radius 3 is 2.23 bits per heavy atom. The largest absolute Gasteiger partial charge is 0.453 e. The summed E-state index contributed by atoms with van der Waals surface area (Å²) in [5, 5.41) is 0. The van der Waals surface area contributed by atoms with Gasteiger partial charge in [0.1, 0.15) is 4.75 Å². The molecule has 7 nitrogen and oxygen atoms in total.